The molecule has 0 aromatic heterocycles. The molecule has 23 heavy (non-hydrogen) atoms. The lowest BCUT2D eigenvalue weighted by Gasteiger charge is -2.23. The summed E-state index contributed by atoms with van der Waals surface area (Å²) in [6, 6.07) is 3.85. The highest BCUT2D eigenvalue weighted by Gasteiger charge is 2.15. The molecule has 128 valence electrons. The van der Waals surface area contributed by atoms with Crippen LogP contribution in [0.3, 0.4) is 0 Å². The molecule has 0 spiro atoms. The fraction of sp³-hybridized carbons (Fsp3) is 0.429. The minimum atomic E-state index is -2.98. The van der Waals surface area contributed by atoms with Crippen LogP contribution in [0.5, 0.6) is 11.5 Å². The van der Waals surface area contributed by atoms with Crippen molar-refractivity contribution in [1.82, 2.24) is 16.2 Å². The number of methoxy groups -OCH3 is 1. The number of hydrogen-bond donors (Lipinski definition) is 3. The van der Waals surface area contributed by atoms with E-state index in [0.717, 1.165) is 0 Å². The predicted molar refractivity (Wildman–Crippen MR) is 85.7 cm³/mol. The Kier molecular flexibility index (Phi) is 6.49. The molecule has 0 heterocycles. The molecule has 3 N–H and O–H groups in total. The van der Waals surface area contributed by atoms with E-state index in [-0.39, 0.29) is 27.7 Å². The van der Waals surface area contributed by atoms with Crippen LogP contribution in [0.1, 0.15) is 31.1 Å². The Morgan fingerprint density at radius 3 is 2.39 bits per heavy atom. The van der Waals surface area contributed by atoms with E-state index in [4.69, 9.17) is 17.0 Å². The molecule has 0 unspecified atom stereocenters. The largest absolute Gasteiger partial charge is 0.493 e. The lowest BCUT2D eigenvalue weighted by molar-refractivity contribution is -0.0512. The first kappa shape index (κ1) is 18.9. The molecule has 1 aromatic rings. The summed E-state index contributed by atoms with van der Waals surface area (Å²) in [5.41, 5.74) is 4.88. The number of benzene rings is 1. The molecule has 1 aromatic carbocycles. The average Bonchev–Trinajstić information content (AvgIpc) is 2.42. The van der Waals surface area contributed by atoms with Crippen molar-refractivity contribution in [2.45, 2.75) is 32.9 Å². The average molecular weight is 347 g/mol. The Balaban J connectivity index is 2.71. The number of alkyl halides is 2. The molecule has 0 saturated heterocycles. The Labute approximate surface area is 138 Å². The maximum atomic E-state index is 12.3. The molecule has 0 atom stereocenters. The second kappa shape index (κ2) is 7.91. The summed E-state index contributed by atoms with van der Waals surface area (Å²) in [5, 5.41) is 3.20. The van der Waals surface area contributed by atoms with Crippen molar-refractivity contribution in [2.24, 2.45) is 0 Å². The molecule has 1 amide bonds. The van der Waals surface area contributed by atoms with Gasteiger partial charge >= 0.3 is 6.61 Å². The third kappa shape index (κ3) is 6.64. The van der Waals surface area contributed by atoms with Gasteiger partial charge in [-0.25, -0.2) is 0 Å². The molecule has 0 bridgehead atoms. The molecule has 0 aliphatic carbocycles. The normalized spacial score (nSPS) is 10.9. The van der Waals surface area contributed by atoms with Gasteiger partial charge in [-0.2, -0.15) is 8.78 Å². The number of hydrogen-bond acceptors (Lipinski definition) is 4. The van der Waals surface area contributed by atoms with Gasteiger partial charge in [0.25, 0.3) is 5.91 Å². The van der Waals surface area contributed by atoms with Crippen molar-refractivity contribution in [3.05, 3.63) is 23.8 Å². The number of carbonyl (C=O) groups is 1. The van der Waals surface area contributed by atoms with E-state index in [2.05, 4.69) is 20.9 Å². The Morgan fingerprint density at radius 2 is 1.87 bits per heavy atom. The Hall–Kier alpha value is -2.16. The van der Waals surface area contributed by atoms with E-state index < -0.39 is 12.5 Å². The SMILES string of the molecule is COc1cc(C(=O)NNC(=S)NC(C)(C)C)ccc1OC(F)F. The monoisotopic (exact) mass is 347 g/mol. The summed E-state index contributed by atoms with van der Waals surface area (Å²) in [6.07, 6.45) is 0. The van der Waals surface area contributed by atoms with Crippen LogP contribution in [-0.4, -0.2) is 30.3 Å². The van der Waals surface area contributed by atoms with Gasteiger partial charge in [0.05, 0.1) is 7.11 Å². The highest BCUT2D eigenvalue weighted by molar-refractivity contribution is 7.80. The van der Waals surface area contributed by atoms with Crippen molar-refractivity contribution < 1.29 is 23.0 Å². The van der Waals surface area contributed by atoms with Gasteiger partial charge in [0.15, 0.2) is 16.6 Å². The molecular formula is C14H19F2N3O3S. The second-order valence-corrected chi connectivity index (χ2v) is 5.94. The van der Waals surface area contributed by atoms with Gasteiger partial charge in [0, 0.05) is 11.1 Å². The molecule has 0 radical (unpaired) electrons. The van der Waals surface area contributed by atoms with Crippen LogP contribution in [0.25, 0.3) is 0 Å². The lowest BCUT2D eigenvalue weighted by Crippen LogP contribution is -2.52. The van der Waals surface area contributed by atoms with Crippen molar-refractivity contribution in [3.63, 3.8) is 0 Å². The van der Waals surface area contributed by atoms with Gasteiger partial charge < -0.3 is 14.8 Å². The number of hydrazine groups is 1. The third-order valence-electron chi connectivity index (χ3n) is 2.42. The molecule has 0 aliphatic heterocycles. The van der Waals surface area contributed by atoms with E-state index in [9.17, 15) is 13.6 Å². The number of amides is 1. The fourth-order valence-corrected chi connectivity index (χ4v) is 1.92. The van der Waals surface area contributed by atoms with Crippen LogP contribution >= 0.6 is 12.2 Å². The van der Waals surface area contributed by atoms with E-state index in [1.807, 2.05) is 20.8 Å². The number of ether oxygens (including phenoxy) is 2. The third-order valence-corrected chi connectivity index (χ3v) is 2.62. The van der Waals surface area contributed by atoms with Crippen LogP contribution in [0.2, 0.25) is 0 Å². The highest BCUT2D eigenvalue weighted by Crippen LogP contribution is 2.29. The number of thiocarbonyl (C=S) groups is 1. The second-order valence-electron chi connectivity index (χ2n) is 5.53. The van der Waals surface area contributed by atoms with Gasteiger partial charge in [-0.15, -0.1) is 0 Å². The minimum Gasteiger partial charge on any atom is -0.493 e. The number of carbonyl (C=O) groups excluding carboxylic acids is 1. The maximum Gasteiger partial charge on any atom is 0.387 e. The van der Waals surface area contributed by atoms with Crippen molar-refractivity contribution >= 4 is 23.2 Å². The summed E-state index contributed by atoms with van der Waals surface area (Å²) < 4.78 is 33.7. The van der Waals surface area contributed by atoms with E-state index >= 15 is 0 Å². The molecule has 0 fully saturated rings. The van der Waals surface area contributed by atoms with Gasteiger partial charge in [-0.1, -0.05) is 0 Å². The molecule has 9 heteroatoms. The van der Waals surface area contributed by atoms with E-state index in [1.54, 1.807) is 0 Å². The van der Waals surface area contributed by atoms with Crippen LogP contribution in [-0.2, 0) is 0 Å². The lowest BCUT2D eigenvalue weighted by atomic mass is 10.1. The van der Waals surface area contributed by atoms with Crippen molar-refractivity contribution in [1.29, 1.82) is 0 Å². The predicted octanol–water partition coefficient (Wildman–Crippen LogP) is 2.20. The first-order chi connectivity index (χ1) is 10.6. The highest BCUT2D eigenvalue weighted by atomic mass is 32.1. The summed E-state index contributed by atoms with van der Waals surface area (Å²) in [5.74, 6) is -0.643. The zero-order valence-electron chi connectivity index (χ0n) is 13.2. The summed E-state index contributed by atoms with van der Waals surface area (Å²) in [7, 11) is 1.29. The van der Waals surface area contributed by atoms with Crippen molar-refractivity contribution in [2.75, 3.05) is 7.11 Å². The summed E-state index contributed by atoms with van der Waals surface area (Å²) in [6.45, 7) is 2.76. The summed E-state index contributed by atoms with van der Waals surface area (Å²) >= 11 is 5.02. The number of rotatable bonds is 4. The molecule has 1 rings (SSSR count). The van der Waals surface area contributed by atoms with Gasteiger partial charge in [0.2, 0.25) is 0 Å². The van der Waals surface area contributed by atoms with Crippen LogP contribution in [0, 0.1) is 0 Å². The molecular weight excluding hydrogens is 328 g/mol. The van der Waals surface area contributed by atoms with Crippen LogP contribution in [0.4, 0.5) is 8.78 Å². The number of halogens is 2. The quantitative estimate of drug-likeness (QED) is 0.573. The Morgan fingerprint density at radius 1 is 1.22 bits per heavy atom. The van der Waals surface area contributed by atoms with Crippen LogP contribution in [0.15, 0.2) is 18.2 Å². The summed E-state index contributed by atoms with van der Waals surface area (Å²) in [4.78, 5) is 12.0. The topological polar surface area (TPSA) is 71.6 Å². The maximum absolute atomic E-state index is 12.3. The first-order valence-electron chi connectivity index (χ1n) is 6.63. The van der Waals surface area contributed by atoms with Gasteiger partial charge in [-0.05, 0) is 51.2 Å². The van der Waals surface area contributed by atoms with Crippen LogP contribution < -0.4 is 25.6 Å². The number of nitrogens with one attached hydrogen (secondary N) is 3. The fourth-order valence-electron chi connectivity index (χ4n) is 1.56. The Bertz CT molecular complexity index is 577. The molecule has 0 aliphatic rings. The van der Waals surface area contributed by atoms with Gasteiger partial charge in [0.1, 0.15) is 0 Å². The minimum absolute atomic E-state index is 0.0216. The molecule has 6 nitrogen and oxygen atoms in total. The smallest absolute Gasteiger partial charge is 0.387 e. The zero-order chi connectivity index (χ0) is 17.6. The molecule has 0 saturated carbocycles. The zero-order valence-corrected chi connectivity index (χ0v) is 14.0. The van der Waals surface area contributed by atoms with E-state index in [0.29, 0.717) is 0 Å². The standard InChI is InChI=1S/C14H19F2N3O3S/c1-14(2,3)17-13(23)19-18-11(20)8-5-6-9(22-12(15)16)10(7-8)21-4/h5-7,12H,1-4H3,(H,18,20)(H2,17,19,23). The van der Waals surface area contributed by atoms with Gasteiger partial charge in [-0.3, -0.25) is 15.6 Å². The first-order valence-corrected chi connectivity index (χ1v) is 7.04. The van der Waals surface area contributed by atoms with Crippen molar-refractivity contribution in [3.8, 4) is 11.5 Å². The van der Waals surface area contributed by atoms with E-state index in [1.165, 1.54) is 25.3 Å².